The molecule has 0 aliphatic heterocycles. The number of hydrogen-bond donors (Lipinski definition) is 3. The van der Waals surface area contributed by atoms with Crippen LogP contribution in [-0.4, -0.2) is 10.9 Å². The van der Waals surface area contributed by atoms with Crippen LogP contribution in [-0.2, 0) is 4.79 Å². The summed E-state index contributed by atoms with van der Waals surface area (Å²) in [6, 6.07) is 5.31. The van der Waals surface area contributed by atoms with Gasteiger partial charge in [-0.15, -0.1) is 0 Å². The van der Waals surface area contributed by atoms with Gasteiger partial charge in [0, 0.05) is 11.4 Å². The van der Waals surface area contributed by atoms with E-state index in [1.54, 1.807) is 12.1 Å². The zero-order chi connectivity index (χ0) is 10.7. The summed E-state index contributed by atoms with van der Waals surface area (Å²) >= 11 is 4.71. The van der Waals surface area contributed by atoms with Crippen LogP contribution in [0.5, 0.6) is 0 Å². The molecule has 5 heteroatoms. The molecule has 0 aliphatic rings. The minimum Gasteiger partial charge on any atom is -0.398 e. The van der Waals surface area contributed by atoms with Crippen LogP contribution in [0.4, 0.5) is 11.4 Å². The molecule has 1 rings (SSSR count). The van der Waals surface area contributed by atoms with Crippen LogP contribution < -0.4 is 16.8 Å². The third-order valence-corrected chi connectivity index (χ3v) is 2.06. The fourth-order valence-electron chi connectivity index (χ4n) is 0.911. The van der Waals surface area contributed by atoms with E-state index in [0.717, 1.165) is 5.56 Å². The number of nitrogens with two attached hydrogens (primary N) is 2. The van der Waals surface area contributed by atoms with Gasteiger partial charge in [0.25, 0.3) is 5.91 Å². The molecular weight excluding hydrogens is 198 g/mol. The van der Waals surface area contributed by atoms with Gasteiger partial charge >= 0.3 is 0 Å². The van der Waals surface area contributed by atoms with Gasteiger partial charge in [-0.2, -0.15) is 0 Å². The first kappa shape index (κ1) is 10.5. The van der Waals surface area contributed by atoms with E-state index in [2.05, 4.69) is 5.32 Å². The molecule has 1 aromatic carbocycles. The van der Waals surface area contributed by atoms with Crippen molar-refractivity contribution in [1.82, 2.24) is 0 Å². The molecule has 0 fully saturated rings. The molecule has 1 amide bonds. The summed E-state index contributed by atoms with van der Waals surface area (Å²) in [6.45, 7) is 1.89. The van der Waals surface area contributed by atoms with Gasteiger partial charge in [-0.3, -0.25) is 4.79 Å². The number of carbonyl (C=O) groups excluding carboxylic acids is 1. The van der Waals surface area contributed by atoms with Crippen LogP contribution >= 0.6 is 12.2 Å². The highest BCUT2D eigenvalue weighted by Crippen LogP contribution is 2.16. The zero-order valence-corrected chi connectivity index (χ0v) is 8.52. The number of hydrogen-bond acceptors (Lipinski definition) is 3. The Balaban J connectivity index is 2.83. The maximum absolute atomic E-state index is 10.6. The first-order valence-corrected chi connectivity index (χ1v) is 4.38. The summed E-state index contributed by atoms with van der Waals surface area (Å²) in [7, 11) is 0. The number of thiocarbonyl (C=S) groups is 1. The zero-order valence-electron chi connectivity index (χ0n) is 7.70. The van der Waals surface area contributed by atoms with E-state index in [0.29, 0.717) is 11.4 Å². The van der Waals surface area contributed by atoms with Gasteiger partial charge in [0.2, 0.25) is 0 Å². The smallest absolute Gasteiger partial charge is 0.276 e. The first-order chi connectivity index (χ1) is 6.50. The number of nitrogens with one attached hydrogen (secondary N) is 1. The van der Waals surface area contributed by atoms with Crippen molar-refractivity contribution in [2.24, 2.45) is 5.73 Å². The average Bonchev–Trinajstić information content (AvgIpc) is 2.11. The minimum absolute atomic E-state index is 0.0201. The highest BCUT2D eigenvalue weighted by Gasteiger charge is 2.04. The predicted octanol–water partition coefficient (Wildman–Crippen LogP) is 0.802. The fourth-order valence-corrected chi connectivity index (χ4v) is 1.03. The SMILES string of the molecule is Cc1ccc(NC(=S)C(N)=O)cc1N. The fraction of sp³-hybridized carbons (Fsp3) is 0.111. The van der Waals surface area contributed by atoms with E-state index in [4.69, 9.17) is 23.7 Å². The standard InChI is InChI=1S/C9H11N3OS/c1-5-2-3-6(4-7(5)10)12-9(14)8(11)13/h2-4H,10H2,1H3,(H2,11,13)(H,12,14). The van der Waals surface area contributed by atoms with Crippen LogP contribution in [0.3, 0.4) is 0 Å². The Hall–Kier alpha value is -1.62. The lowest BCUT2D eigenvalue weighted by Crippen LogP contribution is -2.27. The van der Waals surface area contributed by atoms with E-state index >= 15 is 0 Å². The number of anilines is 2. The van der Waals surface area contributed by atoms with Crippen molar-refractivity contribution >= 4 is 34.5 Å². The molecular formula is C9H11N3OS. The van der Waals surface area contributed by atoms with Crippen LogP contribution in [0.25, 0.3) is 0 Å². The summed E-state index contributed by atoms with van der Waals surface area (Å²) in [6.07, 6.45) is 0. The Bertz CT molecular complexity index is 390. The average molecular weight is 209 g/mol. The van der Waals surface area contributed by atoms with Gasteiger partial charge in [0.05, 0.1) is 0 Å². The van der Waals surface area contributed by atoms with Crippen molar-refractivity contribution in [3.8, 4) is 0 Å². The molecule has 0 saturated heterocycles. The molecule has 0 spiro atoms. The topological polar surface area (TPSA) is 81.1 Å². The van der Waals surface area contributed by atoms with Gasteiger partial charge in [0.1, 0.15) is 0 Å². The molecule has 0 aromatic heterocycles. The molecule has 1 aromatic rings. The Kier molecular flexibility index (Phi) is 3.03. The molecule has 0 aliphatic carbocycles. The number of nitrogen functional groups attached to an aromatic ring is 1. The lowest BCUT2D eigenvalue weighted by Gasteiger charge is -2.06. The highest BCUT2D eigenvalue weighted by molar-refractivity contribution is 7.82. The second-order valence-electron chi connectivity index (χ2n) is 2.89. The largest absolute Gasteiger partial charge is 0.398 e. The van der Waals surface area contributed by atoms with Gasteiger partial charge in [-0.1, -0.05) is 18.3 Å². The Morgan fingerprint density at radius 2 is 2.14 bits per heavy atom. The maximum atomic E-state index is 10.6. The number of aryl methyl sites for hydroxylation is 1. The third kappa shape index (κ3) is 2.43. The molecule has 0 heterocycles. The van der Waals surface area contributed by atoms with E-state index < -0.39 is 5.91 Å². The van der Waals surface area contributed by atoms with Gasteiger partial charge in [-0.25, -0.2) is 0 Å². The Morgan fingerprint density at radius 3 is 2.64 bits per heavy atom. The quantitative estimate of drug-likeness (QED) is 0.472. The lowest BCUT2D eigenvalue weighted by molar-refractivity contribution is -0.111. The summed E-state index contributed by atoms with van der Waals surface area (Å²) in [5.41, 5.74) is 12.9. The molecule has 0 bridgehead atoms. The van der Waals surface area contributed by atoms with Crippen LogP contribution in [0, 0.1) is 6.92 Å². The van der Waals surface area contributed by atoms with Crippen LogP contribution in [0.15, 0.2) is 18.2 Å². The number of benzene rings is 1. The van der Waals surface area contributed by atoms with Crippen molar-refractivity contribution in [2.45, 2.75) is 6.92 Å². The number of rotatable bonds is 1. The summed E-state index contributed by atoms with van der Waals surface area (Å²) in [5, 5.41) is 2.69. The monoisotopic (exact) mass is 209 g/mol. The van der Waals surface area contributed by atoms with Crippen LogP contribution in [0.2, 0.25) is 0 Å². The predicted molar refractivity (Wildman–Crippen MR) is 61.0 cm³/mol. The van der Waals surface area contributed by atoms with Crippen molar-refractivity contribution < 1.29 is 4.79 Å². The van der Waals surface area contributed by atoms with E-state index in [1.165, 1.54) is 0 Å². The summed E-state index contributed by atoms with van der Waals surface area (Å²) < 4.78 is 0. The summed E-state index contributed by atoms with van der Waals surface area (Å²) in [4.78, 5) is 10.6. The molecule has 0 saturated carbocycles. The molecule has 0 radical (unpaired) electrons. The summed E-state index contributed by atoms with van der Waals surface area (Å²) in [5.74, 6) is -0.654. The number of primary amides is 1. The molecule has 0 atom stereocenters. The van der Waals surface area contributed by atoms with E-state index in [9.17, 15) is 4.79 Å². The second-order valence-corrected chi connectivity index (χ2v) is 3.30. The van der Waals surface area contributed by atoms with E-state index in [1.807, 2.05) is 13.0 Å². The van der Waals surface area contributed by atoms with Crippen molar-refractivity contribution in [2.75, 3.05) is 11.1 Å². The van der Waals surface area contributed by atoms with Crippen LogP contribution in [0.1, 0.15) is 5.56 Å². The number of carbonyl (C=O) groups is 1. The van der Waals surface area contributed by atoms with Gasteiger partial charge in [-0.05, 0) is 24.6 Å². The second kappa shape index (κ2) is 4.06. The maximum Gasteiger partial charge on any atom is 0.276 e. The van der Waals surface area contributed by atoms with Gasteiger partial charge in [0.15, 0.2) is 4.99 Å². The molecule has 4 nitrogen and oxygen atoms in total. The Labute approximate surface area is 87.3 Å². The molecule has 0 unspecified atom stereocenters. The van der Waals surface area contributed by atoms with Crippen molar-refractivity contribution in [3.63, 3.8) is 0 Å². The first-order valence-electron chi connectivity index (χ1n) is 3.97. The number of amides is 1. The molecule has 5 N–H and O–H groups in total. The Morgan fingerprint density at radius 1 is 1.50 bits per heavy atom. The van der Waals surface area contributed by atoms with Gasteiger partial charge < -0.3 is 16.8 Å². The molecule has 74 valence electrons. The molecule has 14 heavy (non-hydrogen) atoms. The minimum atomic E-state index is -0.654. The third-order valence-electron chi connectivity index (χ3n) is 1.76. The van der Waals surface area contributed by atoms with Crippen molar-refractivity contribution in [3.05, 3.63) is 23.8 Å². The van der Waals surface area contributed by atoms with E-state index in [-0.39, 0.29) is 4.99 Å². The highest BCUT2D eigenvalue weighted by atomic mass is 32.1. The van der Waals surface area contributed by atoms with Crippen molar-refractivity contribution in [1.29, 1.82) is 0 Å². The lowest BCUT2D eigenvalue weighted by atomic mass is 10.2. The normalized spacial score (nSPS) is 9.50.